The fourth-order valence-electron chi connectivity index (χ4n) is 1.63. The number of nitrogens with zero attached hydrogens (tertiary/aromatic N) is 2. The van der Waals surface area contributed by atoms with E-state index in [0.29, 0.717) is 11.3 Å². The molecular formula is C13H25N3OS. The third kappa shape index (κ3) is 5.40. The van der Waals surface area contributed by atoms with Crippen LogP contribution in [0.25, 0.3) is 0 Å². The third-order valence-electron chi connectivity index (χ3n) is 2.99. The van der Waals surface area contributed by atoms with E-state index in [-0.39, 0.29) is 0 Å². The number of hydrogen-bond donors (Lipinski definition) is 1. The zero-order valence-corrected chi connectivity index (χ0v) is 12.7. The highest BCUT2D eigenvalue weighted by Gasteiger charge is 2.12. The molecule has 4 nitrogen and oxygen atoms in total. The number of rotatable bonds is 9. The normalized spacial score (nSPS) is 14.7. The molecule has 5 heteroatoms. The summed E-state index contributed by atoms with van der Waals surface area (Å²) >= 11 is 1.88. The molecule has 0 fully saturated rings. The maximum atomic E-state index is 5.29. The lowest BCUT2D eigenvalue weighted by molar-refractivity contribution is 0.352. The average molecular weight is 271 g/mol. The first-order valence-electron chi connectivity index (χ1n) is 6.85. The van der Waals surface area contributed by atoms with Gasteiger partial charge >= 0.3 is 0 Å². The largest absolute Gasteiger partial charge is 0.339 e. The quantitative estimate of drug-likeness (QED) is 0.748. The van der Waals surface area contributed by atoms with E-state index in [1.54, 1.807) is 0 Å². The van der Waals surface area contributed by atoms with Gasteiger partial charge in [0, 0.05) is 17.7 Å². The fourth-order valence-corrected chi connectivity index (χ4v) is 2.41. The first-order chi connectivity index (χ1) is 8.69. The predicted molar refractivity (Wildman–Crippen MR) is 76.8 cm³/mol. The van der Waals surface area contributed by atoms with Crippen LogP contribution >= 0.6 is 11.8 Å². The summed E-state index contributed by atoms with van der Waals surface area (Å²) in [5.74, 6) is 2.42. The molecule has 0 aromatic carbocycles. The maximum absolute atomic E-state index is 5.29. The van der Waals surface area contributed by atoms with Gasteiger partial charge in [-0.3, -0.25) is 0 Å². The molecule has 0 saturated carbocycles. The zero-order valence-electron chi connectivity index (χ0n) is 11.9. The Kier molecular flexibility index (Phi) is 7.35. The topological polar surface area (TPSA) is 51.0 Å². The van der Waals surface area contributed by atoms with Gasteiger partial charge in [0.05, 0.1) is 5.75 Å². The Balaban J connectivity index is 2.42. The lowest BCUT2D eigenvalue weighted by atomic mass is 10.1. The summed E-state index contributed by atoms with van der Waals surface area (Å²) in [5.41, 5.74) is 0. The number of aromatic nitrogens is 2. The SMILES string of the molecule is CCNC(CC)Cc1nc(CSC(C)CC)no1. The molecule has 1 aromatic rings. The molecule has 0 radical (unpaired) electrons. The molecule has 0 bridgehead atoms. The van der Waals surface area contributed by atoms with Gasteiger partial charge in [-0.15, -0.1) is 0 Å². The Morgan fingerprint density at radius 2 is 2.06 bits per heavy atom. The maximum Gasteiger partial charge on any atom is 0.228 e. The summed E-state index contributed by atoms with van der Waals surface area (Å²) in [6.07, 6.45) is 3.08. The number of thioether (sulfide) groups is 1. The molecule has 0 aliphatic heterocycles. The van der Waals surface area contributed by atoms with Crippen molar-refractivity contribution in [2.24, 2.45) is 0 Å². The monoisotopic (exact) mass is 271 g/mol. The Hall–Kier alpha value is -0.550. The van der Waals surface area contributed by atoms with Gasteiger partial charge in [0.25, 0.3) is 0 Å². The van der Waals surface area contributed by atoms with Crippen LogP contribution in [-0.4, -0.2) is 28.0 Å². The van der Waals surface area contributed by atoms with E-state index in [1.807, 2.05) is 11.8 Å². The van der Waals surface area contributed by atoms with Gasteiger partial charge in [-0.1, -0.05) is 32.9 Å². The van der Waals surface area contributed by atoms with Crippen LogP contribution in [0.2, 0.25) is 0 Å². The molecule has 1 aromatic heterocycles. The second-order valence-corrected chi connectivity index (χ2v) is 5.93. The van der Waals surface area contributed by atoms with Crippen LogP contribution in [0.15, 0.2) is 4.52 Å². The molecule has 0 spiro atoms. The molecule has 0 aliphatic carbocycles. The van der Waals surface area contributed by atoms with E-state index in [9.17, 15) is 0 Å². The second kappa shape index (κ2) is 8.53. The molecule has 1 heterocycles. The van der Waals surface area contributed by atoms with E-state index >= 15 is 0 Å². The van der Waals surface area contributed by atoms with Crippen LogP contribution in [-0.2, 0) is 12.2 Å². The predicted octanol–water partition coefficient (Wildman–Crippen LogP) is 3.03. The summed E-state index contributed by atoms with van der Waals surface area (Å²) in [5, 5.41) is 8.10. The number of nitrogens with one attached hydrogen (secondary N) is 1. The van der Waals surface area contributed by atoms with Crippen molar-refractivity contribution >= 4 is 11.8 Å². The Bertz CT molecular complexity index is 330. The summed E-state index contributed by atoms with van der Waals surface area (Å²) in [6.45, 7) is 9.68. The van der Waals surface area contributed by atoms with Crippen molar-refractivity contribution in [3.8, 4) is 0 Å². The molecular weight excluding hydrogens is 246 g/mol. The van der Waals surface area contributed by atoms with Gasteiger partial charge in [0.1, 0.15) is 0 Å². The van der Waals surface area contributed by atoms with Crippen LogP contribution < -0.4 is 5.32 Å². The zero-order chi connectivity index (χ0) is 13.4. The van der Waals surface area contributed by atoms with Crippen molar-refractivity contribution in [3.63, 3.8) is 0 Å². The highest BCUT2D eigenvalue weighted by Crippen LogP contribution is 2.18. The second-order valence-electron chi connectivity index (χ2n) is 4.50. The third-order valence-corrected chi connectivity index (χ3v) is 4.32. The molecule has 1 rings (SSSR count). The minimum atomic E-state index is 0.436. The van der Waals surface area contributed by atoms with Crippen molar-refractivity contribution < 1.29 is 4.52 Å². The Morgan fingerprint density at radius 3 is 2.67 bits per heavy atom. The molecule has 0 amide bonds. The van der Waals surface area contributed by atoms with E-state index in [0.717, 1.165) is 36.9 Å². The van der Waals surface area contributed by atoms with Gasteiger partial charge in [0.15, 0.2) is 5.82 Å². The van der Waals surface area contributed by atoms with E-state index in [1.165, 1.54) is 6.42 Å². The Morgan fingerprint density at radius 1 is 1.28 bits per heavy atom. The van der Waals surface area contributed by atoms with Crippen LogP contribution in [0, 0.1) is 0 Å². The highest BCUT2D eigenvalue weighted by atomic mass is 32.2. The summed E-state index contributed by atoms with van der Waals surface area (Å²) < 4.78 is 5.29. The van der Waals surface area contributed by atoms with Crippen LogP contribution in [0.3, 0.4) is 0 Å². The molecule has 104 valence electrons. The molecule has 0 saturated heterocycles. The van der Waals surface area contributed by atoms with Crippen molar-refractivity contribution in [2.45, 2.75) is 64.0 Å². The average Bonchev–Trinajstić information content (AvgIpc) is 2.83. The fraction of sp³-hybridized carbons (Fsp3) is 0.846. The lowest BCUT2D eigenvalue weighted by Gasteiger charge is -2.12. The smallest absolute Gasteiger partial charge is 0.228 e. The van der Waals surface area contributed by atoms with Crippen molar-refractivity contribution in [1.82, 2.24) is 15.5 Å². The molecule has 0 aliphatic rings. The first kappa shape index (κ1) is 15.5. The van der Waals surface area contributed by atoms with Gasteiger partial charge in [-0.2, -0.15) is 16.7 Å². The molecule has 2 atom stereocenters. The lowest BCUT2D eigenvalue weighted by Crippen LogP contribution is -2.30. The van der Waals surface area contributed by atoms with Gasteiger partial charge in [-0.25, -0.2) is 0 Å². The molecule has 2 unspecified atom stereocenters. The van der Waals surface area contributed by atoms with Crippen LogP contribution in [0.5, 0.6) is 0 Å². The molecule has 18 heavy (non-hydrogen) atoms. The van der Waals surface area contributed by atoms with Crippen molar-refractivity contribution in [1.29, 1.82) is 0 Å². The summed E-state index contributed by atoms with van der Waals surface area (Å²) in [6, 6.07) is 0.436. The van der Waals surface area contributed by atoms with E-state index in [2.05, 4.69) is 43.2 Å². The number of likely N-dealkylation sites (N-methyl/N-ethyl adjacent to an activating group) is 1. The van der Waals surface area contributed by atoms with E-state index < -0.39 is 0 Å². The van der Waals surface area contributed by atoms with E-state index in [4.69, 9.17) is 4.52 Å². The van der Waals surface area contributed by atoms with Gasteiger partial charge < -0.3 is 9.84 Å². The van der Waals surface area contributed by atoms with Crippen LogP contribution in [0.1, 0.15) is 52.3 Å². The number of hydrogen-bond acceptors (Lipinski definition) is 5. The van der Waals surface area contributed by atoms with Crippen LogP contribution in [0.4, 0.5) is 0 Å². The highest BCUT2D eigenvalue weighted by molar-refractivity contribution is 7.99. The standard InChI is InChI=1S/C13H25N3OS/c1-5-10(4)18-9-12-15-13(17-16-12)8-11(6-2)14-7-3/h10-11,14H,5-9H2,1-4H3. The van der Waals surface area contributed by atoms with Crippen molar-refractivity contribution in [3.05, 3.63) is 11.7 Å². The van der Waals surface area contributed by atoms with Gasteiger partial charge in [0.2, 0.25) is 5.89 Å². The molecule has 1 N–H and O–H groups in total. The first-order valence-corrected chi connectivity index (χ1v) is 7.90. The minimum absolute atomic E-state index is 0.436. The summed E-state index contributed by atoms with van der Waals surface area (Å²) in [4.78, 5) is 4.45. The Labute approximate surface area is 114 Å². The summed E-state index contributed by atoms with van der Waals surface area (Å²) in [7, 11) is 0. The van der Waals surface area contributed by atoms with Gasteiger partial charge in [-0.05, 0) is 19.4 Å². The minimum Gasteiger partial charge on any atom is -0.339 e. The van der Waals surface area contributed by atoms with Crippen molar-refractivity contribution in [2.75, 3.05) is 6.54 Å².